The van der Waals surface area contributed by atoms with E-state index in [1.807, 2.05) is 37.3 Å². The lowest BCUT2D eigenvalue weighted by Gasteiger charge is -2.17. The molecule has 0 N–H and O–H groups in total. The van der Waals surface area contributed by atoms with Crippen LogP contribution in [0.2, 0.25) is 0 Å². The van der Waals surface area contributed by atoms with Crippen molar-refractivity contribution in [2.75, 3.05) is 0 Å². The Kier molecular flexibility index (Phi) is 5.21. The first-order valence-electron chi connectivity index (χ1n) is 8.83. The smallest absolute Gasteiger partial charge is 0.336 e. The van der Waals surface area contributed by atoms with Crippen molar-refractivity contribution >= 4 is 16.8 Å². The van der Waals surface area contributed by atoms with E-state index in [0.29, 0.717) is 16.9 Å². The minimum absolute atomic E-state index is 0.0883. The molecular weight excluding hydrogens is 328 g/mol. The van der Waals surface area contributed by atoms with Crippen molar-refractivity contribution in [1.29, 1.82) is 0 Å². The Balaban J connectivity index is 2.04. The number of Topliss-reactive ketones (excluding diaryl/α,β-unsaturated/α-hetero) is 1. The van der Waals surface area contributed by atoms with Gasteiger partial charge in [0.15, 0.2) is 6.10 Å². The quantitative estimate of drug-likeness (QED) is 0.477. The predicted octanol–water partition coefficient (Wildman–Crippen LogP) is 4.70. The molecule has 2 aromatic carbocycles. The maximum absolute atomic E-state index is 12.6. The molecule has 1 heterocycles. The summed E-state index contributed by atoms with van der Waals surface area (Å²) in [5.74, 6) is 0.485. The zero-order valence-electron chi connectivity index (χ0n) is 15.2. The van der Waals surface area contributed by atoms with Gasteiger partial charge in [-0.15, -0.1) is 0 Å². The molecule has 134 valence electrons. The molecule has 0 bridgehead atoms. The van der Waals surface area contributed by atoms with Gasteiger partial charge in [-0.3, -0.25) is 4.79 Å². The van der Waals surface area contributed by atoms with Crippen LogP contribution in [-0.4, -0.2) is 11.9 Å². The van der Waals surface area contributed by atoms with Gasteiger partial charge in [0.25, 0.3) is 0 Å². The van der Waals surface area contributed by atoms with Crippen LogP contribution in [0.15, 0.2) is 57.7 Å². The zero-order chi connectivity index (χ0) is 18.7. The molecule has 0 aliphatic carbocycles. The second kappa shape index (κ2) is 7.56. The van der Waals surface area contributed by atoms with Crippen molar-refractivity contribution in [1.82, 2.24) is 0 Å². The number of hydrogen-bond acceptors (Lipinski definition) is 4. The average Bonchev–Trinajstić information content (AvgIpc) is 2.61. The number of benzene rings is 2. The molecule has 4 nitrogen and oxygen atoms in total. The van der Waals surface area contributed by atoms with Gasteiger partial charge in [0.1, 0.15) is 11.3 Å². The highest BCUT2D eigenvalue weighted by molar-refractivity contribution is 5.99. The second-order valence-corrected chi connectivity index (χ2v) is 6.47. The fourth-order valence-electron chi connectivity index (χ4n) is 3.11. The maximum atomic E-state index is 12.6. The number of fused-ring (bicyclic) bond motifs is 1. The van der Waals surface area contributed by atoms with E-state index < -0.39 is 6.10 Å². The summed E-state index contributed by atoms with van der Waals surface area (Å²) in [5.41, 5.74) is 2.52. The van der Waals surface area contributed by atoms with Crippen LogP contribution in [0.25, 0.3) is 11.0 Å². The van der Waals surface area contributed by atoms with E-state index >= 15 is 0 Å². The Morgan fingerprint density at radius 2 is 1.88 bits per heavy atom. The molecule has 1 aromatic heterocycles. The van der Waals surface area contributed by atoms with Gasteiger partial charge in [-0.1, -0.05) is 43.7 Å². The van der Waals surface area contributed by atoms with Gasteiger partial charge in [0.05, 0.1) is 5.39 Å². The number of hydrogen-bond donors (Lipinski definition) is 0. The average molecular weight is 350 g/mol. The highest BCUT2D eigenvalue weighted by Crippen LogP contribution is 2.31. The Morgan fingerprint density at radius 1 is 1.15 bits per heavy atom. The van der Waals surface area contributed by atoms with Crippen molar-refractivity contribution in [3.8, 4) is 5.75 Å². The molecule has 0 aliphatic rings. The van der Waals surface area contributed by atoms with Crippen LogP contribution in [0.3, 0.4) is 0 Å². The lowest BCUT2D eigenvalue weighted by atomic mass is 10.0. The molecular formula is C22H22O4. The summed E-state index contributed by atoms with van der Waals surface area (Å²) in [4.78, 5) is 24.5. The van der Waals surface area contributed by atoms with Crippen LogP contribution in [0.1, 0.15) is 41.8 Å². The van der Waals surface area contributed by atoms with Gasteiger partial charge in [0.2, 0.25) is 5.78 Å². The van der Waals surface area contributed by atoms with Crippen LogP contribution in [0, 0.1) is 6.92 Å². The Morgan fingerprint density at radius 3 is 2.58 bits per heavy atom. The fraction of sp³-hybridized carbons (Fsp3) is 0.273. The maximum Gasteiger partial charge on any atom is 0.336 e. The minimum Gasteiger partial charge on any atom is -0.482 e. The number of aryl methyl sites for hydroxylation is 2. The highest BCUT2D eigenvalue weighted by Gasteiger charge is 2.20. The minimum atomic E-state index is -0.649. The first-order chi connectivity index (χ1) is 12.5. The Bertz CT molecular complexity index is 986. The number of carbonyl (C=O) groups is 1. The zero-order valence-corrected chi connectivity index (χ0v) is 15.2. The summed E-state index contributed by atoms with van der Waals surface area (Å²) in [6, 6.07) is 14.3. The van der Waals surface area contributed by atoms with Gasteiger partial charge >= 0.3 is 5.63 Å². The molecule has 0 spiro atoms. The number of ketones is 1. The summed E-state index contributed by atoms with van der Waals surface area (Å²) in [7, 11) is 0. The summed E-state index contributed by atoms with van der Waals surface area (Å²) in [6.07, 6.45) is 0.983. The standard InChI is InChI=1S/C22H22O4/c1-4-8-17-13-20(23)26-19-12-14(2)11-18(21(17)19)25-15(3)22(24)16-9-6-5-7-10-16/h5-7,9-13,15H,4,8H2,1-3H3/t15-/m1/s1. The molecule has 0 unspecified atom stereocenters. The fourth-order valence-corrected chi connectivity index (χ4v) is 3.11. The van der Waals surface area contributed by atoms with Crippen LogP contribution in [0.5, 0.6) is 5.75 Å². The van der Waals surface area contributed by atoms with Crippen molar-refractivity contribution in [3.05, 3.63) is 75.6 Å². The lowest BCUT2D eigenvalue weighted by molar-refractivity contribution is 0.0820. The van der Waals surface area contributed by atoms with Gasteiger partial charge in [-0.05, 0) is 43.5 Å². The molecule has 26 heavy (non-hydrogen) atoms. The predicted molar refractivity (Wildman–Crippen MR) is 102 cm³/mol. The molecule has 0 saturated carbocycles. The first-order valence-corrected chi connectivity index (χ1v) is 8.83. The third-order valence-electron chi connectivity index (χ3n) is 4.28. The second-order valence-electron chi connectivity index (χ2n) is 6.47. The van der Waals surface area contributed by atoms with Crippen molar-refractivity contribution in [3.63, 3.8) is 0 Å². The SMILES string of the molecule is CCCc1cc(=O)oc2cc(C)cc(O[C@H](C)C(=O)c3ccccc3)c12. The number of rotatable bonds is 6. The molecule has 3 rings (SSSR count). The lowest BCUT2D eigenvalue weighted by Crippen LogP contribution is -2.24. The van der Waals surface area contributed by atoms with Gasteiger partial charge < -0.3 is 9.15 Å². The molecule has 4 heteroatoms. The molecule has 1 atom stereocenters. The van der Waals surface area contributed by atoms with E-state index in [9.17, 15) is 9.59 Å². The largest absolute Gasteiger partial charge is 0.482 e. The van der Waals surface area contributed by atoms with Crippen molar-refractivity contribution in [2.45, 2.75) is 39.7 Å². The Labute approximate surface area is 152 Å². The summed E-state index contributed by atoms with van der Waals surface area (Å²) < 4.78 is 11.4. The summed E-state index contributed by atoms with van der Waals surface area (Å²) >= 11 is 0. The van der Waals surface area contributed by atoms with E-state index in [2.05, 4.69) is 6.92 Å². The van der Waals surface area contributed by atoms with Crippen molar-refractivity contribution in [2.24, 2.45) is 0 Å². The molecule has 0 amide bonds. The van der Waals surface area contributed by atoms with Crippen molar-refractivity contribution < 1.29 is 13.9 Å². The van der Waals surface area contributed by atoms with E-state index in [4.69, 9.17) is 9.15 Å². The van der Waals surface area contributed by atoms with Crippen LogP contribution >= 0.6 is 0 Å². The van der Waals surface area contributed by atoms with E-state index in [0.717, 1.165) is 29.4 Å². The van der Waals surface area contributed by atoms with Gasteiger partial charge in [-0.25, -0.2) is 4.79 Å². The molecule has 0 radical (unpaired) electrons. The molecule has 0 aliphatic heterocycles. The van der Waals surface area contributed by atoms with Crippen LogP contribution < -0.4 is 10.4 Å². The number of carbonyl (C=O) groups excluding carboxylic acids is 1. The monoisotopic (exact) mass is 350 g/mol. The highest BCUT2D eigenvalue weighted by atomic mass is 16.5. The van der Waals surface area contributed by atoms with E-state index in [1.54, 1.807) is 19.1 Å². The normalized spacial score (nSPS) is 12.1. The summed E-state index contributed by atoms with van der Waals surface area (Å²) in [6.45, 7) is 5.70. The molecule has 0 fully saturated rings. The Hall–Kier alpha value is -2.88. The summed E-state index contributed by atoms with van der Waals surface area (Å²) in [5, 5.41) is 0.768. The van der Waals surface area contributed by atoms with Crippen LogP contribution in [0.4, 0.5) is 0 Å². The third kappa shape index (κ3) is 3.69. The topological polar surface area (TPSA) is 56.5 Å². The van der Waals surface area contributed by atoms with Gasteiger partial charge in [0, 0.05) is 11.6 Å². The van der Waals surface area contributed by atoms with Crippen LogP contribution in [-0.2, 0) is 6.42 Å². The molecule has 0 saturated heterocycles. The van der Waals surface area contributed by atoms with Gasteiger partial charge in [-0.2, -0.15) is 0 Å². The number of ether oxygens (including phenoxy) is 1. The van der Waals surface area contributed by atoms with E-state index in [-0.39, 0.29) is 11.4 Å². The molecule has 3 aromatic rings. The third-order valence-corrected chi connectivity index (χ3v) is 4.28. The van der Waals surface area contributed by atoms with E-state index in [1.165, 1.54) is 6.07 Å². The first kappa shape index (κ1) is 17.9.